The van der Waals surface area contributed by atoms with E-state index in [0.717, 1.165) is 12.8 Å². The van der Waals surface area contributed by atoms with Gasteiger partial charge in [-0.2, -0.15) is 15.0 Å². The van der Waals surface area contributed by atoms with E-state index in [-0.39, 0.29) is 17.5 Å². The van der Waals surface area contributed by atoms with E-state index in [0.29, 0.717) is 46.2 Å². The first kappa shape index (κ1) is 19.7. The van der Waals surface area contributed by atoms with Gasteiger partial charge < -0.3 is 9.32 Å². The van der Waals surface area contributed by atoms with Crippen molar-refractivity contribution < 1.29 is 13.6 Å². The van der Waals surface area contributed by atoms with E-state index in [4.69, 9.17) is 16.0 Å². The highest BCUT2D eigenvalue weighted by atomic mass is 35.5. The van der Waals surface area contributed by atoms with Gasteiger partial charge in [-0.1, -0.05) is 11.6 Å². The summed E-state index contributed by atoms with van der Waals surface area (Å²) < 4.78 is 21.4. The number of hydrogen-bond acceptors (Lipinski definition) is 6. The van der Waals surface area contributed by atoms with Gasteiger partial charge in [-0.15, -0.1) is 0 Å². The van der Waals surface area contributed by atoms with Crippen LogP contribution in [0.15, 0.2) is 47.1 Å². The standard InChI is InChI=1S/C22H19ClFN5O2/c1-13-2-3-14(22-27-17-10-15(23)4-7-20(17)31-22)11-28(13)19-6-5-18(16(12-30)21(19)24)29-25-8-9-26-29/h4-10,12-14H,2-3,11H2,1H3/t13-,14-/m1/s1. The Morgan fingerprint density at radius 2 is 1.94 bits per heavy atom. The third-order valence-electron chi connectivity index (χ3n) is 5.80. The van der Waals surface area contributed by atoms with E-state index >= 15 is 4.39 Å². The monoisotopic (exact) mass is 439 g/mol. The van der Waals surface area contributed by atoms with Crippen molar-refractivity contribution in [2.75, 3.05) is 11.4 Å². The molecule has 1 saturated heterocycles. The van der Waals surface area contributed by atoms with Crippen LogP contribution in [-0.2, 0) is 0 Å². The summed E-state index contributed by atoms with van der Waals surface area (Å²) in [6, 6.07) is 8.77. The van der Waals surface area contributed by atoms with Crippen LogP contribution >= 0.6 is 11.6 Å². The molecule has 2 aromatic carbocycles. The third kappa shape index (κ3) is 3.46. The minimum absolute atomic E-state index is 0.00563. The summed E-state index contributed by atoms with van der Waals surface area (Å²) in [7, 11) is 0. The summed E-state index contributed by atoms with van der Waals surface area (Å²) in [5.41, 5.74) is 1.99. The van der Waals surface area contributed by atoms with Gasteiger partial charge in [0.15, 0.2) is 23.6 Å². The lowest BCUT2D eigenvalue weighted by atomic mass is 9.92. The number of aldehydes is 1. The molecule has 3 heterocycles. The lowest BCUT2D eigenvalue weighted by Gasteiger charge is -2.39. The number of rotatable bonds is 4. The highest BCUT2D eigenvalue weighted by Gasteiger charge is 2.32. The maximum absolute atomic E-state index is 15.4. The molecule has 2 aromatic heterocycles. The van der Waals surface area contributed by atoms with E-state index in [2.05, 4.69) is 15.2 Å². The molecule has 0 radical (unpaired) electrons. The Morgan fingerprint density at radius 1 is 1.16 bits per heavy atom. The minimum atomic E-state index is -0.582. The number of oxazole rings is 1. The molecule has 5 rings (SSSR count). The van der Waals surface area contributed by atoms with Gasteiger partial charge in [0, 0.05) is 17.6 Å². The maximum atomic E-state index is 15.4. The lowest BCUT2D eigenvalue weighted by molar-refractivity contribution is 0.111. The number of fused-ring (bicyclic) bond motifs is 1. The van der Waals surface area contributed by atoms with Crippen LogP contribution in [0.3, 0.4) is 0 Å². The van der Waals surface area contributed by atoms with Crippen molar-refractivity contribution in [1.82, 2.24) is 20.0 Å². The van der Waals surface area contributed by atoms with Crippen LogP contribution in [0, 0.1) is 5.82 Å². The predicted octanol–water partition coefficient (Wildman–Crippen LogP) is 4.79. The number of halogens is 2. The summed E-state index contributed by atoms with van der Waals surface area (Å²) in [5.74, 6) is 0.0260. The van der Waals surface area contributed by atoms with Crippen LogP contribution in [0.4, 0.5) is 10.1 Å². The van der Waals surface area contributed by atoms with E-state index in [1.54, 1.807) is 30.3 Å². The van der Waals surface area contributed by atoms with Crippen molar-refractivity contribution in [2.45, 2.75) is 31.7 Å². The fraction of sp³-hybridized carbons (Fsp3) is 0.273. The zero-order valence-corrected chi connectivity index (χ0v) is 17.5. The second-order valence-corrected chi connectivity index (χ2v) is 8.14. The number of benzene rings is 2. The van der Waals surface area contributed by atoms with Gasteiger partial charge in [0.25, 0.3) is 0 Å². The van der Waals surface area contributed by atoms with Crippen molar-refractivity contribution >= 4 is 34.7 Å². The van der Waals surface area contributed by atoms with Gasteiger partial charge in [0.05, 0.1) is 35.2 Å². The molecule has 31 heavy (non-hydrogen) atoms. The zero-order valence-electron chi connectivity index (χ0n) is 16.7. The summed E-state index contributed by atoms with van der Waals surface area (Å²) >= 11 is 6.06. The molecule has 9 heteroatoms. The Morgan fingerprint density at radius 3 is 2.71 bits per heavy atom. The molecule has 2 atom stereocenters. The van der Waals surface area contributed by atoms with Crippen molar-refractivity contribution in [3.8, 4) is 5.69 Å². The zero-order chi connectivity index (χ0) is 21.5. The third-order valence-corrected chi connectivity index (χ3v) is 6.03. The number of piperidine rings is 1. The fourth-order valence-electron chi connectivity index (χ4n) is 4.16. The van der Waals surface area contributed by atoms with Gasteiger partial charge in [-0.3, -0.25) is 4.79 Å². The fourth-order valence-corrected chi connectivity index (χ4v) is 4.32. The molecule has 0 unspecified atom stereocenters. The van der Waals surface area contributed by atoms with Crippen molar-refractivity contribution in [1.29, 1.82) is 0 Å². The van der Waals surface area contributed by atoms with Gasteiger partial charge >= 0.3 is 0 Å². The van der Waals surface area contributed by atoms with Crippen LogP contribution < -0.4 is 4.90 Å². The maximum Gasteiger partial charge on any atom is 0.200 e. The number of carbonyl (C=O) groups is 1. The number of aromatic nitrogens is 4. The molecule has 0 aliphatic carbocycles. The van der Waals surface area contributed by atoms with Gasteiger partial charge in [0.1, 0.15) is 5.52 Å². The lowest BCUT2D eigenvalue weighted by Crippen LogP contribution is -2.41. The predicted molar refractivity (Wildman–Crippen MR) is 115 cm³/mol. The largest absolute Gasteiger partial charge is 0.440 e. The number of hydrogen-bond donors (Lipinski definition) is 0. The second-order valence-electron chi connectivity index (χ2n) is 7.71. The quantitative estimate of drug-likeness (QED) is 0.426. The minimum Gasteiger partial charge on any atom is -0.440 e. The molecule has 1 aliphatic heterocycles. The Balaban J connectivity index is 1.49. The summed E-state index contributed by atoms with van der Waals surface area (Å²) in [4.78, 5) is 19.5. The second kappa shape index (κ2) is 7.77. The van der Waals surface area contributed by atoms with Crippen LogP contribution in [0.1, 0.15) is 41.9 Å². The summed E-state index contributed by atoms with van der Waals surface area (Å²) in [6.07, 6.45) is 5.17. The van der Waals surface area contributed by atoms with Crippen molar-refractivity contribution in [3.05, 3.63) is 65.0 Å². The van der Waals surface area contributed by atoms with E-state index in [1.807, 2.05) is 11.8 Å². The molecule has 7 nitrogen and oxygen atoms in total. The summed E-state index contributed by atoms with van der Waals surface area (Å²) in [6.45, 7) is 2.57. The van der Waals surface area contributed by atoms with Crippen LogP contribution in [0.25, 0.3) is 16.8 Å². The normalized spacial score (nSPS) is 19.1. The molecular weight excluding hydrogens is 421 g/mol. The van der Waals surface area contributed by atoms with Crippen LogP contribution in [0.2, 0.25) is 5.02 Å². The highest BCUT2D eigenvalue weighted by molar-refractivity contribution is 6.31. The topological polar surface area (TPSA) is 77.1 Å². The van der Waals surface area contributed by atoms with Gasteiger partial charge in [0.2, 0.25) is 0 Å². The van der Waals surface area contributed by atoms with Crippen LogP contribution in [-0.4, -0.2) is 38.9 Å². The molecule has 0 amide bonds. The Labute approximate surface area is 182 Å². The molecule has 0 spiro atoms. The first-order chi connectivity index (χ1) is 15.0. The number of anilines is 1. The molecule has 158 valence electrons. The molecule has 0 N–H and O–H groups in total. The van der Waals surface area contributed by atoms with E-state index < -0.39 is 5.82 Å². The molecule has 1 aliphatic rings. The van der Waals surface area contributed by atoms with Crippen molar-refractivity contribution in [2.24, 2.45) is 0 Å². The average molecular weight is 440 g/mol. The SMILES string of the molecule is C[C@@H]1CC[C@@H](c2nc3cc(Cl)ccc3o2)CN1c1ccc(-n2nccn2)c(C=O)c1F. The van der Waals surface area contributed by atoms with Gasteiger partial charge in [-0.05, 0) is 50.1 Å². The van der Waals surface area contributed by atoms with Crippen molar-refractivity contribution in [3.63, 3.8) is 0 Å². The van der Waals surface area contributed by atoms with E-state index in [9.17, 15) is 4.79 Å². The average Bonchev–Trinajstić information content (AvgIpc) is 3.44. The molecule has 4 aromatic rings. The Hall–Kier alpha value is -3.26. The first-order valence-electron chi connectivity index (χ1n) is 10.0. The smallest absolute Gasteiger partial charge is 0.200 e. The van der Waals surface area contributed by atoms with Crippen LogP contribution in [0.5, 0.6) is 0 Å². The first-order valence-corrected chi connectivity index (χ1v) is 10.4. The molecule has 0 saturated carbocycles. The molecule has 1 fully saturated rings. The van der Waals surface area contributed by atoms with Gasteiger partial charge in [-0.25, -0.2) is 9.37 Å². The highest BCUT2D eigenvalue weighted by Crippen LogP contribution is 2.36. The number of nitrogens with zero attached hydrogens (tertiary/aromatic N) is 5. The summed E-state index contributed by atoms with van der Waals surface area (Å²) in [5, 5.41) is 8.62. The Kier molecular flexibility index (Phi) is 4.94. The van der Waals surface area contributed by atoms with E-state index in [1.165, 1.54) is 17.2 Å². The number of carbonyl (C=O) groups excluding carboxylic acids is 1. The molecule has 0 bridgehead atoms. The molecular formula is C22H19ClFN5O2. The Bertz CT molecular complexity index is 1260.